The van der Waals surface area contributed by atoms with Gasteiger partial charge in [-0.3, -0.25) is 9.69 Å². The molecule has 3 aromatic rings. The molecule has 28 heavy (non-hydrogen) atoms. The fraction of sp³-hybridized carbons (Fsp3) is 0.304. The summed E-state index contributed by atoms with van der Waals surface area (Å²) in [4.78, 5) is 18.9. The van der Waals surface area contributed by atoms with Crippen molar-refractivity contribution in [2.24, 2.45) is 0 Å². The van der Waals surface area contributed by atoms with Crippen LogP contribution in [0.15, 0.2) is 65.5 Å². The first-order valence-electron chi connectivity index (χ1n) is 9.82. The van der Waals surface area contributed by atoms with E-state index in [2.05, 4.69) is 34.3 Å². The number of benzene rings is 2. The number of nitrogens with one attached hydrogen (secondary N) is 1. The van der Waals surface area contributed by atoms with Gasteiger partial charge in [-0.2, -0.15) is 0 Å². The van der Waals surface area contributed by atoms with Gasteiger partial charge in [-0.05, 0) is 56.1 Å². The van der Waals surface area contributed by atoms with Crippen LogP contribution in [-0.4, -0.2) is 28.4 Å². The van der Waals surface area contributed by atoms with E-state index in [9.17, 15) is 4.79 Å². The van der Waals surface area contributed by atoms with Crippen LogP contribution in [-0.2, 0) is 6.54 Å². The van der Waals surface area contributed by atoms with Gasteiger partial charge in [-0.15, -0.1) is 0 Å². The molecule has 0 aliphatic carbocycles. The Labute approximate surface area is 165 Å². The number of piperidine rings is 1. The highest BCUT2D eigenvalue weighted by Gasteiger charge is 2.18. The highest BCUT2D eigenvalue weighted by Crippen LogP contribution is 2.21. The average Bonchev–Trinajstić information content (AvgIpc) is 3.26. The number of amides is 1. The van der Waals surface area contributed by atoms with Gasteiger partial charge in [0.25, 0.3) is 5.91 Å². The molecular formula is C23H25N3O2. The predicted molar refractivity (Wildman–Crippen MR) is 110 cm³/mol. The minimum absolute atomic E-state index is 0.124. The monoisotopic (exact) mass is 375 g/mol. The van der Waals surface area contributed by atoms with Crippen LogP contribution in [0.1, 0.15) is 42.1 Å². The van der Waals surface area contributed by atoms with E-state index in [0.29, 0.717) is 17.4 Å². The number of oxazole rings is 1. The molecule has 2 aromatic carbocycles. The van der Waals surface area contributed by atoms with Crippen molar-refractivity contribution in [2.45, 2.75) is 38.8 Å². The van der Waals surface area contributed by atoms with Crippen LogP contribution in [0.5, 0.6) is 0 Å². The number of aromatic nitrogens is 1. The normalized spacial score (nSPS) is 17.4. The number of hydrogen-bond acceptors (Lipinski definition) is 4. The second kappa shape index (κ2) is 8.40. The van der Waals surface area contributed by atoms with Gasteiger partial charge in [-0.25, -0.2) is 4.98 Å². The molecule has 1 atom stereocenters. The van der Waals surface area contributed by atoms with Crippen LogP contribution in [0, 0.1) is 0 Å². The summed E-state index contributed by atoms with van der Waals surface area (Å²) in [6.07, 6.45) is 6.95. The Hall–Kier alpha value is -2.92. The molecule has 5 heteroatoms. The highest BCUT2D eigenvalue weighted by molar-refractivity contribution is 6.04. The molecule has 0 bridgehead atoms. The van der Waals surface area contributed by atoms with Crippen molar-refractivity contribution in [3.8, 4) is 11.3 Å². The third kappa shape index (κ3) is 4.31. The Kier molecular flexibility index (Phi) is 5.53. The summed E-state index contributed by atoms with van der Waals surface area (Å²) >= 11 is 0. The maximum atomic E-state index is 12.5. The largest absolute Gasteiger partial charge is 0.444 e. The summed E-state index contributed by atoms with van der Waals surface area (Å²) in [5.41, 5.74) is 3.59. The Balaban J connectivity index is 1.36. The molecule has 144 valence electrons. The number of nitrogens with zero attached hydrogens (tertiary/aromatic N) is 2. The summed E-state index contributed by atoms with van der Waals surface area (Å²) in [5.74, 6) is 0.562. The first-order valence-corrected chi connectivity index (χ1v) is 9.82. The number of carbonyl (C=O) groups is 1. The number of likely N-dealkylation sites (tertiary alicyclic amines) is 1. The lowest BCUT2D eigenvalue weighted by Gasteiger charge is -2.33. The fourth-order valence-corrected chi connectivity index (χ4v) is 3.67. The first-order chi connectivity index (χ1) is 13.7. The standard InChI is InChI=1S/C23H25N3O2/c1-17-4-2-3-13-26(17)15-18-5-11-21(12-6-18)25-23(27)20-9-7-19(8-10-20)22-14-24-16-28-22/h5-12,14,16-17H,2-4,13,15H2,1H3,(H,25,27). The highest BCUT2D eigenvalue weighted by atomic mass is 16.3. The molecule has 1 aromatic heterocycles. The SMILES string of the molecule is CC1CCCCN1Cc1ccc(NC(=O)c2ccc(-c3cnco3)cc2)cc1. The number of hydrogen-bond donors (Lipinski definition) is 1. The zero-order valence-corrected chi connectivity index (χ0v) is 16.1. The van der Waals surface area contributed by atoms with Gasteiger partial charge in [0.1, 0.15) is 0 Å². The maximum absolute atomic E-state index is 12.5. The molecule has 1 N–H and O–H groups in total. The van der Waals surface area contributed by atoms with E-state index < -0.39 is 0 Å². The van der Waals surface area contributed by atoms with Crippen LogP contribution < -0.4 is 5.32 Å². The van der Waals surface area contributed by atoms with E-state index in [1.54, 1.807) is 18.3 Å². The van der Waals surface area contributed by atoms with Crippen LogP contribution in [0.2, 0.25) is 0 Å². The molecule has 1 aliphatic rings. The van der Waals surface area contributed by atoms with E-state index in [0.717, 1.165) is 17.8 Å². The van der Waals surface area contributed by atoms with Crippen LogP contribution in [0.25, 0.3) is 11.3 Å². The number of rotatable bonds is 5. The molecule has 0 saturated carbocycles. The van der Waals surface area contributed by atoms with Gasteiger partial charge < -0.3 is 9.73 Å². The van der Waals surface area contributed by atoms with Gasteiger partial charge in [0.05, 0.1) is 6.20 Å². The fourth-order valence-electron chi connectivity index (χ4n) is 3.67. The maximum Gasteiger partial charge on any atom is 0.255 e. The predicted octanol–water partition coefficient (Wildman–Crippen LogP) is 4.97. The zero-order chi connectivity index (χ0) is 19.3. The third-order valence-corrected chi connectivity index (χ3v) is 5.40. The van der Waals surface area contributed by atoms with Crippen molar-refractivity contribution in [1.82, 2.24) is 9.88 Å². The molecule has 1 saturated heterocycles. The summed E-state index contributed by atoms with van der Waals surface area (Å²) < 4.78 is 5.27. The van der Waals surface area contributed by atoms with Gasteiger partial charge in [-0.1, -0.05) is 30.7 Å². The zero-order valence-electron chi connectivity index (χ0n) is 16.1. The van der Waals surface area contributed by atoms with Crippen molar-refractivity contribution in [3.63, 3.8) is 0 Å². The average molecular weight is 375 g/mol. The number of anilines is 1. The van der Waals surface area contributed by atoms with Crippen LogP contribution in [0.3, 0.4) is 0 Å². The summed E-state index contributed by atoms with van der Waals surface area (Å²) in [6, 6.07) is 16.1. The van der Waals surface area contributed by atoms with Crippen LogP contribution >= 0.6 is 0 Å². The molecule has 1 aliphatic heterocycles. The molecule has 1 amide bonds. The third-order valence-electron chi connectivity index (χ3n) is 5.40. The molecule has 5 nitrogen and oxygen atoms in total. The van der Waals surface area contributed by atoms with Gasteiger partial charge in [0.2, 0.25) is 0 Å². The van der Waals surface area contributed by atoms with Crippen molar-refractivity contribution in [3.05, 3.63) is 72.2 Å². The molecule has 1 fully saturated rings. The topological polar surface area (TPSA) is 58.4 Å². The van der Waals surface area contributed by atoms with Crippen molar-refractivity contribution < 1.29 is 9.21 Å². The minimum Gasteiger partial charge on any atom is -0.444 e. The van der Waals surface area contributed by atoms with Crippen molar-refractivity contribution in [1.29, 1.82) is 0 Å². The van der Waals surface area contributed by atoms with Gasteiger partial charge >= 0.3 is 0 Å². The Morgan fingerprint density at radius 2 is 1.93 bits per heavy atom. The lowest BCUT2D eigenvalue weighted by atomic mass is 10.0. The number of carbonyl (C=O) groups excluding carboxylic acids is 1. The quantitative estimate of drug-likeness (QED) is 0.684. The van der Waals surface area contributed by atoms with E-state index >= 15 is 0 Å². The summed E-state index contributed by atoms with van der Waals surface area (Å²) in [5, 5.41) is 2.96. The van der Waals surface area contributed by atoms with Gasteiger partial charge in [0, 0.05) is 29.4 Å². The second-order valence-corrected chi connectivity index (χ2v) is 7.41. The minimum atomic E-state index is -0.124. The van der Waals surface area contributed by atoms with E-state index in [-0.39, 0.29) is 5.91 Å². The van der Waals surface area contributed by atoms with E-state index in [1.165, 1.54) is 37.8 Å². The Morgan fingerprint density at radius 1 is 1.14 bits per heavy atom. The second-order valence-electron chi connectivity index (χ2n) is 7.41. The van der Waals surface area contributed by atoms with Crippen LogP contribution in [0.4, 0.5) is 5.69 Å². The Morgan fingerprint density at radius 3 is 2.61 bits per heavy atom. The molecular weight excluding hydrogens is 350 g/mol. The van der Waals surface area contributed by atoms with Crippen molar-refractivity contribution in [2.75, 3.05) is 11.9 Å². The molecule has 0 radical (unpaired) electrons. The first kappa shape index (κ1) is 18.4. The molecule has 4 rings (SSSR count). The van der Waals surface area contributed by atoms with Crippen molar-refractivity contribution >= 4 is 11.6 Å². The summed E-state index contributed by atoms with van der Waals surface area (Å²) in [7, 11) is 0. The van der Waals surface area contributed by atoms with E-state index in [1.807, 2.05) is 24.3 Å². The molecule has 0 spiro atoms. The van der Waals surface area contributed by atoms with E-state index in [4.69, 9.17) is 4.42 Å². The lowest BCUT2D eigenvalue weighted by molar-refractivity contribution is 0.102. The lowest BCUT2D eigenvalue weighted by Crippen LogP contribution is -2.36. The molecule has 2 heterocycles. The smallest absolute Gasteiger partial charge is 0.255 e. The molecule has 1 unspecified atom stereocenters. The Bertz CT molecular complexity index is 902. The van der Waals surface area contributed by atoms with Gasteiger partial charge in [0.15, 0.2) is 12.2 Å². The summed E-state index contributed by atoms with van der Waals surface area (Å²) in [6.45, 7) is 4.45.